The van der Waals surface area contributed by atoms with Gasteiger partial charge in [0.15, 0.2) is 0 Å². The number of nitrogens with zero attached hydrogens (tertiary/aromatic N) is 1. The third-order valence-corrected chi connectivity index (χ3v) is 3.47. The van der Waals surface area contributed by atoms with E-state index in [-0.39, 0.29) is 11.9 Å². The Morgan fingerprint density at radius 3 is 2.83 bits per heavy atom. The number of pyridine rings is 1. The lowest BCUT2D eigenvalue weighted by molar-refractivity contribution is 0.0604. The van der Waals surface area contributed by atoms with Crippen LogP contribution in [-0.2, 0) is 4.74 Å². The maximum absolute atomic E-state index is 12.9. The molecule has 0 amide bonds. The van der Waals surface area contributed by atoms with E-state index in [0.717, 1.165) is 44.7 Å². The number of hydrogen-bond donors (Lipinski definition) is 1. The zero-order valence-corrected chi connectivity index (χ0v) is 10.9. The van der Waals surface area contributed by atoms with Gasteiger partial charge in [0.05, 0.1) is 11.9 Å². The van der Waals surface area contributed by atoms with E-state index < -0.39 is 0 Å². The lowest BCUT2D eigenvalue weighted by atomic mass is 9.91. The molecule has 0 radical (unpaired) electrons. The summed E-state index contributed by atoms with van der Waals surface area (Å²) in [5, 5.41) is 3.44. The van der Waals surface area contributed by atoms with Crippen molar-refractivity contribution in [2.75, 3.05) is 19.8 Å². The molecule has 1 N–H and O–H groups in total. The molecule has 1 aromatic rings. The minimum Gasteiger partial charge on any atom is -0.381 e. The van der Waals surface area contributed by atoms with Gasteiger partial charge in [0, 0.05) is 19.3 Å². The second-order valence-corrected chi connectivity index (χ2v) is 4.80. The van der Waals surface area contributed by atoms with Crippen LogP contribution in [0.15, 0.2) is 18.3 Å². The number of aromatic nitrogens is 1. The third-order valence-electron chi connectivity index (χ3n) is 3.47. The molecule has 0 aliphatic carbocycles. The second kappa shape index (κ2) is 6.81. The largest absolute Gasteiger partial charge is 0.381 e. The summed E-state index contributed by atoms with van der Waals surface area (Å²) < 4.78 is 18.3. The Kier molecular flexibility index (Phi) is 5.08. The molecule has 100 valence electrons. The molecule has 1 aliphatic rings. The molecule has 2 heterocycles. The van der Waals surface area contributed by atoms with Crippen molar-refractivity contribution in [3.8, 4) is 0 Å². The molecule has 1 saturated heterocycles. The Labute approximate surface area is 108 Å². The monoisotopic (exact) mass is 252 g/mol. The van der Waals surface area contributed by atoms with Crippen LogP contribution in [0.2, 0.25) is 0 Å². The predicted molar refractivity (Wildman–Crippen MR) is 68.8 cm³/mol. The van der Waals surface area contributed by atoms with Gasteiger partial charge in [-0.05, 0) is 43.9 Å². The summed E-state index contributed by atoms with van der Waals surface area (Å²) in [6, 6.07) is 3.48. The Balaban J connectivity index is 2.00. The van der Waals surface area contributed by atoms with Crippen molar-refractivity contribution in [2.45, 2.75) is 32.2 Å². The van der Waals surface area contributed by atoms with Crippen molar-refractivity contribution >= 4 is 0 Å². The normalized spacial score (nSPS) is 18.8. The van der Waals surface area contributed by atoms with Gasteiger partial charge < -0.3 is 10.1 Å². The van der Waals surface area contributed by atoms with Crippen LogP contribution in [0, 0.1) is 11.7 Å². The number of halogens is 1. The topological polar surface area (TPSA) is 34.1 Å². The Hall–Kier alpha value is -1.00. The maximum Gasteiger partial charge on any atom is 0.141 e. The van der Waals surface area contributed by atoms with Crippen LogP contribution in [0.3, 0.4) is 0 Å². The molecule has 4 heteroatoms. The SMILES string of the molecule is CCNC(CC1CCOCC1)c1ccc(F)cn1. The van der Waals surface area contributed by atoms with E-state index in [0.29, 0.717) is 5.92 Å². The molecule has 0 bridgehead atoms. The van der Waals surface area contributed by atoms with Crippen LogP contribution in [-0.4, -0.2) is 24.7 Å². The summed E-state index contributed by atoms with van der Waals surface area (Å²) in [6.07, 6.45) is 4.58. The highest BCUT2D eigenvalue weighted by Gasteiger charge is 2.20. The summed E-state index contributed by atoms with van der Waals surface area (Å²) in [4.78, 5) is 4.19. The number of nitrogens with one attached hydrogen (secondary N) is 1. The van der Waals surface area contributed by atoms with Crippen molar-refractivity contribution in [2.24, 2.45) is 5.92 Å². The van der Waals surface area contributed by atoms with Crippen molar-refractivity contribution in [3.05, 3.63) is 29.8 Å². The standard InChI is InChI=1S/C14H21FN2O/c1-2-16-14(9-11-5-7-18-8-6-11)13-4-3-12(15)10-17-13/h3-4,10-11,14,16H,2,5-9H2,1H3. The Morgan fingerprint density at radius 1 is 1.44 bits per heavy atom. The van der Waals surface area contributed by atoms with E-state index in [1.165, 1.54) is 12.3 Å². The van der Waals surface area contributed by atoms with Gasteiger partial charge in [-0.1, -0.05) is 6.92 Å². The van der Waals surface area contributed by atoms with E-state index in [4.69, 9.17) is 4.74 Å². The molecule has 0 aromatic carbocycles. The molecule has 1 aliphatic heterocycles. The van der Waals surface area contributed by atoms with Gasteiger partial charge in [-0.2, -0.15) is 0 Å². The van der Waals surface area contributed by atoms with Crippen molar-refractivity contribution in [3.63, 3.8) is 0 Å². The van der Waals surface area contributed by atoms with Gasteiger partial charge in [-0.25, -0.2) is 4.39 Å². The molecule has 2 rings (SSSR count). The highest BCUT2D eigenvalue weighted by atomic mass is 19.1. The fourth-order valence-electron chi connectivity index (χ4n) is 2.46. The zero-order chi connectivity index (χ0) is 12.8. The van der Waals surface area contributed by atoms with E-state index >= 15 is 0 Å². The van der Waals surface area contributed by atoms with Gasteiger partial charge in [0.25, 0.3) is 0 Å². The van der Waals surface area contributed by atoms with Crippen LogP contribution in [0.5, 0.6) is 0 Å². The first-order valence-corrected chi connectivity index (χ1v) is 6.72. The molecule has 0 saturated carbocycles. The molecule has 3 nitrogen and oxygen atoms in total. The lowest BCUT2D eigenvalue weighted by Crippen LogP contribution is -2.26. The summed E-state index contributed by atoms with van der Waals surface area (Å²) in [5.41, 5.74) is 0.935. The van der Waals surface area contributed by atoms with Crippen molar-refractivity contribution < 1.29 is 9.13 Å². The fraction of sp³-hybridized carbons (Fsp3) is 0.643. The van der Waals surface area contributed by atoms with Crippen molar-refractivity contribution in [1.29, 1.82) is 0 Å². The highest BCUT2D eigenvalue weighted by molar-refractivity contribution is 5.10. The molecule has 1 aromatic heterocycles. The van der Waals surface area contributed by atoms with Crippen LogP contribution in [0.4, 0.5) is 4.39 Å². The smallest absolute Gasteiger partial charge is 0.141 e. The Bertz CT molecular complexity index is 349. The van der Waals surface area contributed by atoms with E-state index in [1.807, 2.05) is 0 Å². The lowest BCUT2D eigenvalue weighted by Gasteiger charge is -2.26. The fourth-order valence-corrected chi connectivity index (χ4v) is 2.46. The number of rotatable bonds is 5. The molecule has 1 unspecified atom stereocenters. The first-order valence-electron chi connectivity index (χ1n) is 6.72. The summed E-state index contributed by atoms with van der Waals surface area (Å²) >= 11 is 0. The third kappa shape index (κ3) is 3.75. The molecule has 1 atom stereocenters. The Morgan fingerprint density at radius 2 is 2.22 bits per heavy atom. The van der Waals surface area contributed by atoms with Crippen molar-refractivity contribution in [1.82, 2.24) is 10.3 Å². The molecular formula is C14H21FN2O. The molecule has 18 heavy (non-hydrogen) atoms. The minimum absolute atomic E-state index is 0.221. The molecule has 0 spiro atoms. The van der Waals surface area contributed by atoms with Gasteiger partial charge in [0.1, 0.15) is 5.82 Å². The number of hydrogen-bond acceptors (Lipinski definition) is 3. The van der Waals surface area contributed by atoms with Gasteiger partial charge in [0.2, 0.25) is 0 Å². The summed E-state index contributed by atoms with van der Waals surface area (Å²) in [7, 11) is 0. The summed E-state index contributed by atoms with van der Waals surface area (Å²) in [5.74, 6) is 0.398. The maximum atomic E-state index is 12.9. The highest BCUT2D eigenvalue weighted by Crippen LogP contribution is 2.26. The second-order valence-electron chi connectivity index (χ2n) is 4.80. The van der Waals surface area contributed by atoms with Crippen LogP contribution >= 0.6 is 0 Å². The van der Waals surface area contributed by atoms with E-state index in [2.05, 4.69) is 17.2 Å². The van der Waals surface area contributed by atoms with E-state index in [9.17, 15) is 4.39 Å². The molecule has 1 fully saturated rings. The minimum atomic E-state index is -0.278. The van der Waals surface area contributed by atoms with Gasteiger partial charge >= 0.3 is 0 Å². The van der Waals surface area contributed by atoms with E-state index in [1.54, 1.807) is 6.07 Å². The van der Waals surface area contributed by atoms with Gasteiger partial charge in [-0.3, -0.25) is 4.98 Å². The zero-order valence-electron chi connectivity index (χ0n) is 10.9. The van der Waals surface area contributed by atoms with Crippen LogP contribution < -0.4 is 5.32 Å². The first-order chi connectivity index (χ1) is 8.79. The quantitative estimate of drug-likeness (QED) is 0.875. The first kappa shape index (κ1) is 13.4. The molecular weight excluding hydrogens is 231 g/mol. The van der Waals surface area contributed by atoms with Crippen LogP contribution in [0.1, 0.15) is 37.9 Å². The number of ether oxygens (including phenoxy) is 1. The predicted octanol–water partition coefficient (Wildman–Crippen LogP) is 2.69. The average molecular weight is 252 g/mol. The van der Waals surface area contributed by atoms with Crippen LogP contribution in [0.25, 0.3) is 0 Å². The summed E-state index contributed by atoms with van der Waals surface area (Å²) in [6.45, 7) is 4.70. The average Bonchev–Trinajstić information content (AvgIpc) is 2.40. The van der Waals surface area contributed by atoms with Gasteiger partial charge in [-0.15, -0.1) is 0 Å².